The number of piperidine rings is 1. The molecule has 2 aromatic heterocycles. The summed E-state index contributed by atoms with van der Waals surface area (Å²) in [7, 11) is 1.31. The van der Waals surface area contributed by atoms with Crippen LogP contribution in [-0.4, -0.2) is 34.8 Å². The second kappa shape index (κ2) is 6.54. The summed E-state index contributed by atoms with van der Waals surface area (Å²) in [4.78, 5) is 19.8. The Bertz CT molecular complexity index is 1050. The predicted molar refractivity (Wildman–Crippen MR) is 93.8 cm³/mol. The molecule has 7 nitrogen and oxygen atoms in total. The Morgan fingerprint density at radius 3 is 2.67 bits per heavy atom. The van der Waals surface area contributed by atoms with E-state index in [1.807, 2.05) is 0 Å². The van der Waals surface area contributed by atoms with Gasteiger partial charge in [-0.15, -0.1) is 0 Å². The molecule has 3 aromatic rings. The number of fused-ring (bicyclic) bond motifs is 3. The molecule has 1 fully saturated rings. The molecule has 1 aliphatic rings. The fraction of sp³-hybridized carbons (Fsp3) is 0.412. The van der Waals surface area contributed by atoms with Gasteiger partial charge in [0.2, 0.25) is 0 Å². The van der Waals surface area contributed by atoms with Gasteiger partial charge in [-0.3, -0.25) is 15.1 Å². The molecule has 3 N–H and O–H groups in total. The van der Waals surface area contributed by atoms with Crippen molar-refractivity contribution in [3.63, 3.8) is 0 Å². The fourth-order valence-electron chi connectivity index (χ4n) is 3.63. The molecular formula is C17H18F3N5O2. The van der Waals surface area contributed by atoms with Crippen LogP contribution in [0.1, 0.15) is 30.0 Å². The molecule has 0 bridgehead atoms. The second-order valence-electron chi connectivity index (χ2n) is 6.57. The lowest BCUT2D eigenvalue weighted by Crippen LogP contribution is -2.28. The van der Waals surface area contributed by atoms with Gasteiger partial charge >= 0.3 is 6.18 Å². The fourth-order valence-corrected chi connectivity index (χ4v) is 3.63. The van der Waals surface area contributed by atoms with E-state index in [2.05, 4.69) is 20.9 Å². The molecule has 0 amide bonds. The van der Waals surface area contributed by atoms with Crippen LogP contribution < -0.4 is 16.4 Å². The molecule has 0 atom stereocenters. The number of aromatic nitrogens is 3. The number of hydrogen-bond acceptors (Lipinski definition) is 5. The van der Waals surface area contributed by atoms with Crippen molar-refractivity contribution in [2.75, 3.05) is 25.7 Å². The molecule has 10 heteroatoms. The minimum Gasteiger partial charge on any atom is -0.317 e. The molecule has 0 unspecified atom stereocenters. The van der Waals surface area contributed by atoms with Gasteiger partial charge in [0.15, 0.2) is 0 Å². The van der Waals surface area contributed by atoms with Gasteiger partial charge in [-0.2, -0.15) is 18.3 Å². The van der Waals surface area contributed by atoms with Crippen molar-refractivity contribution in [3.05, 3.63) is 39.8 Å². The highest BCUT2D eigenvalue weighted by Gasteiger charge is 2.32. The van der Waals surface area contributed by atoms with E-state index in [9.17, 15) is 18.0 Å². The van der Waals surface area contributed by atoms with Crippen LogP contribution in [0.5, 0.6) is 0 Å². The third-order valence-corrected chi connectivity index (χ3v) is 4.84. The zero-order valence-electron chi connectivity index (χ0n) is 14.5. The maximum absolute atomic E-state index is 13.3. The molecule has 0 saturated carbocycles. The summed E-state index contributed by atoms with van der Waals surface area (Å²) in [6, 6.07) is 3.40. The molecule has 0 aliphatic carbocycles. The zero-order valence-corrected chi connectivity index (χ0v) is 14.5. The average molecular weight is 381 g/mol. The quantitative estimate of drug-likeness (QED) is 0.608. The summed E-state index contributed by atoms with van der Waals surface area (Å²) in [6.45, 7) is 1.63. The Hall–Kier alpha value is -2.59. The lowest BCUT2D eigenvalue weighted by atomic mass is 9.94. The SMILES string of the molecule is CONc1cc(C(F)(F)F)cc2nn3c(C4CCNCC4)cc(=O)[nH]c3c12. The Morgan fingerprint density at radius 2 is 2.00 bits per heavy atom. The summed E-state index contributed by atoms with van der Waals surface area (Å²) >= 11 is 0. The van der Waals surface area contributed by atoms with Crippen molar-refractivity contribution in [2.24, 2.45) is 0 Å². The van der Waals surface area contributed by atoms with Gasteiger partial charge in [0.1, 0.15) is 5.65 Å². The molecule has 1 saturated heterocycles. The van der Waals surface area contributed by atoms with Crippen LogP contribution in [0, 0.1) is 0 Å². The number of halogens is 3. The molecule has 1 aromatic carbocycles. The van der Waals surface area contributed by atoms with Gasteiger partial charge in [0, 0.05) is 12.0 Å². The topological polar surface area (TPSA) is 83.4 Å². The molecule has 1 aliphatic heterocycles. The number of benzene rings is 1. The van der Waals surface area contributed by atoms with E-state index in [0.29, 0.717) is 16.7 Å². The molecule has 0 spiro atoms. The van der Waals surface area contributed by atoms with Crippen LogP contribution in [-0.2, 0) is 11.0 Å². The zero-order chi connectivity index (χ0) is 19.2. The predicted octanol–water partition coefficient (Wildman–Crippen LogP) is 2.63. The highest BCUT2D eigenvalue weighted by Crippen LogP contribution is 2.37. The second-order valence-corrected chi connectivity index (χ2v) is 6.57. The van der Waals surface area contributed by atoms with E-state index in [-0.39, 0.29) is 22.7 Å². The molecular weight excluding hydrogens is 363 g/mol. The van der Waals surface area contributed by atoms with Crippen molar-refractivity contribution < 1.29 is 18.0 Å². The van der Waals surface area contributed by atoms with Crippen molar-refractivity contribution in [3.8, 4) is 0 Å². The minimum atomic E-state index is -4.53. The number of hydrogen-bond donors (Lipinski definition) is 3. The Kier molecular flexibility index (Phi) is 4.31. The number of rotatable bonds is 3. The first-order valence-electron chi connectivity index (χ1n) is 8.55. The van der Waals surface area contributed by atoms with Gasteiger partial charge in [-0.1, -0.05) is 0 Å². The summed E-state index contributed by atoms with van der Waals surface area (Å²) in [6.07, 6.45) is -2.88. The smallest absolute Gasteiger partial charge is 0.317 e. The minimum absolute atomic E-state index is 0.0930. The van der Waals surface area contributed by atoms with Gasteiger partial charge in [0.25, 0.3) is 5.56 Å². The van der Waals surface area contributed by atoms with Crippen LogP contribution >= 0.6 is 0 Å². The van der Waals surface area contributed by atoms with E-state index in [4.69, 9.17) is 4.84 Å². The average Bonchev–Trinajstić information content (AvgIpc) is 3.00. The van der Waals surface area contributed by atoms with Crippen LogP contribution in [0.3, 0.4) is 0 Å². The van der Waals surface area contributed by atoms with Gasteiger partial charge < -0.3 is 10.3 Å². The number of anilines is 1. The number of alkyl halides is 3. The monoisotopic (exact) mass is 381 g/mol. The molecule has 3 heterocycles. The maximum atomic E-state index is 13.3. The summed E-state index contributed by atoms with van der Waals surface area (Å²) in [5.74, 6) is 0.103. The van der Waals surface area contributed by atoms with E-state index in [0.717, 1.165) is 38.1 Å². The lowest BCUT2D eigenvalue weighted by molar-refractivity contribution is -0.137. The first-order valence-corrected chi connectivity index (χ1v) is 8.55. The van der Waals surface area contributed by atoms with Crippen LogP contribution in [0.25, 0.3) is 16.6 Å². The molecule has 0 radical (unpaired) electrons. The molecule has 144 valence electrons. The van der Waals surface area contributed by atoms with Gasteiger partial charge in [-0.05, 0) is 38.1 Å². The highest BCUT2D eigenvalue weighted by molar-refractivity contribution is 6.02. The largest absolute Gasteiger partial charge is 0.416 e. The molecule has 4 rings (SSSR count). The first-order chi connectivity index (χ1) is 12.9. The molecule has 27 heavy (non-hydrogen) atoms. The van der Waals surface area contributed by atoms with Crippen LogP contribution in [0.15, 0.2) is 23.0 Å². The number of nitrogens with one attached hydrogen (secondary N) is 3. The van der Waals surface area contributed by atoms with E-state index in [1.165, 1.54) is 13.2 Å². The lowest BCUT2D eigenvalue weighted by Gasteiger charge is -2.23. The van der Waals surface area contributed by atoms with E-state index in [1.54, 1.807) is 4.52 Å². The van der Waals surface area contributed by atoms with Crippen molar-refractivity contribution in [2.45, 2.75) is 24.9 Å². The van der Waals surface area contributed by atoms with Crippen molar-refractivity contribution in [1.29, 1.82) is 0 Å². The Morgan fingerprint density at radius 1 is 1.26 bits per heavy atom. The number of aromatic amines is 1. The number of nitrogens with zero attached hydrogens (tertiary/aromatic N) is 2. The first kappa shape index (κ1) is 17.8. The summed E-state index contributed by atoms with van der Waals surface area (Å²) in [5, 5.41) is 8.01. The highest BCUT2D eigenvalue weighted by atomic mass is 19.4. The van der Waals surface area contributed by atoms with Crippen LogP contribution in [0.2, 0.25) is 0 Å². The van der Waals surface area contributed by atoms with Gasteiger partial charge in [0.05, 0.1) is 35.0 Å². The summed E-state index contributed by atoms with van der Waals surface area (Å²) in [5.41, 5.74) is 2.58. The van der Waals surface area contributed by atoms with Crippen molar-refractivity contribution >= 4 is 22.2 Å². The van der Waals surface area contributed by atoms with Gasteiger partial charge in [-0.25, -0.2) is 4.52 Å². The standard InChI is InChI=1S/C17H18F3N5O2/c1-27-24-12-7-10(17(18,19)20)6-11-15(12)16-22-14(26)8-13(25(16)23-11)9-2-4-21-5-3-9/h6-9,21,24H,2-5H2,1H3,(H,22,26). The normalized spacial score (nSPS) is 16.3. The van der Waals surface area contributed by atoms with E-state index >= 15 is 0 Å². The third-order valence-electron chi connectivity index (χ3n) is 4.84. The van der Waals surface area contributed by atoms with Crippen molar-refractivity contribution in [1.82, 2.24) is 19.9 Å². The third kappa shape index (κ3) is 3.15. The summed E-state index contributed by atoms with van der Waals surface area (Å²) < 4.78 is 41.3. The number of H-pyrrole nitrogens is 1. The maximum Gasteiger partial charge on any atom is 0.416 e. The van der Waals surface area contributed by atoms with E-state index < -0.39 is 11.7 Å². The Labute approximate surface area is 151 Å². The van der Waals surface area contributed by atoms with Crippen LogP contribution in [0.4, 0.5) is 18.9 Å². The Balaban J connectivity index is 2.02.